The predicted molar refractivity (Wildman–Crippen MR) is 70.3 cm³/mol. The molecule has 2 aromatic carbocycles. The standard InChI is InChI=1S/C14H11NO4/c16-13-8-4-2-6-11(14(13)17)9-10-5-1-3-7-12(10)15(18)19/h1-8H,9H2,(H,16,17). The maximum atomic E-state index is 11.5. The van der Waals surface area contributed by atoms with Crippen molar-refractivity contribution in [2.24, 2.45) is 0 Å². The van der Waals surface area contributed by atoms with Gasteiger partial charge in [0.1, 0.15) is 0 Å². The lowest BCUT2D eigenvalue weighted by Gasteiger charge is -2.03. The quantitative estimate of drug-likeness (QED) is 0.675. The van der Waals surface area contributed by atoms with Crippen LogP contribution in [0.4, 0.5) is 5.69 Å². The van der Waals surface area contributed by atoms with E-state index in [0.29, 0.717) is 11.1 Å². The Morgan fingerprint density at radius 3 is 2.26 bits per heavy atom. The lowest BCUT2D eigenvalue weighted by atomic mass is 10.0. The third kappa shape index (κ3) is 2.77. The van der Waals surface area contributed by atoms with Gasteiger partial charge in [0.15, 0.2) is 5.75 Å². The van der Waals surface area contributed by atoms with Gasteiger partial charge in [-0.2, -0.15) is 0 Å². The summed E-state index contributed by atoms with van der Waals surface area (Å²) in [7, 11) is 0. The minimum absolute atomic E-state index is 0.0270. The van der Waals surface area contributed by atoms with Crippen molar-refractivity contribution in [3.63, 3.8) is 0 Å². The van der Waals surface area contributed by atoms with E-state index < -0.39 is 10.4 Å². The molecule has 0 spiro atoms. The van der Waals surface area contributed by atoms with E-state index in [2.05, 4.69) is 0 Å². The summed E-state index contributed by atoms with van der Waals surface area (Å²) >= 11 is 0. The van der Waals surface area contributed by atoms with Gasteiger partial charge in [-0.15, -0.1) is 0 Å². The molecule has 0 aliphatic rings. The monoisotopic (exact) mass is 257 g/mol. The van der Waals surface area contributed by atoms with Crippen molar-refractivity contribution < 1.29 is 10.0 Å². The molecule has 0 atom stereocenters. The van der Waals surface area contributed by atoms with Gasteiger partial charge in [-0.3, -0.25) is 14.9 Å². The summed E-state index contributed by atoms with van der Waals surface area (Å²) in [6.45, 7) is 0. The molecule has 2 rings (SSSR count). The molecule has 0 unspecified atom stereocenters. The number of para-hydroxylation sites is 1. The van der Waals surface area contributed by atoms with Crippen LogP contribution in [0.5, 0.6) is 5.75 Å². The largest absolute Gasteiger partial charge is 0.504 e. The molecule has 0 bridgehead atoms. The van der Waals surface area contributed by atoms with Crippen LogP contribution in [-0.2, 0) is 6.42 Å². The van der Waals surface area contributed by atoms with Crippen LogP contribution in [0.2, 0.25) is 0 Å². The average molecular weight is 257 g/mol. The molecule has 0 heterocycles. The summed E-state index contributed by atoms with van der Waals surface area (Å²) in [6.07, 6.45) is 0.132. The predicted octanol–water partition coefficient (Wildman–Crippen LogP) is 2.25. The van der Waals surface area contributed by atoms with Gasteiger partial charge in [0.05, 0.1) is 4.92 Å². The van der Waals surface area contributed by atoms with E-state index in [9.17, 15) is 20.0 Å². The Kier molecular flexibility index (Phi) is 3.56. The van der Waals surface area contributed by atoms with E-state index in [4.69, 9.17) is 0 Å². The van der Waals surface area contributed by atoms with Gasteiger partial charge in [-0.05, 0) is 6.07 Å². The first-order chi connectivity index (χ1) is 9.09. The fourth-order valence-corrected chi connectivity index (χ4v) is 1.82. The number of aromatic hydroxyl groups is 1. The summed E-state index contributed by atoms with van der Waals surface area (Å²) in [5.41, 5.74) is 0.289. The van der Waals surface area contributed by atoms with Gasteiger partial charge in [-0.1, -0.05) is 36.4 Å². The van der Waals surface area contributed by atoms with Crippen LogP contribution >= 0.6 is 0 Å². The number of hydrogen-bond donors (Lipinski definition) is 1. The number of hydrogen-bond acceptors (Lipinski definition) is 4. The van der Waals surface area contributed by atoms with Crippen molar-refractivity contribution in [2.75, 3.05) is 0 Å². The summed E-state index contributed by atoms with van der Waals surface area (Å²) in [5, 5.41) is 20.7. The van der Waals surface area contributed by atoms with Crippen molar-refractivity contribution in [2.45, 2.75) is 6.42 Å². The molecule has 5 nitrogen and oxygen atoms in total. The highest BCUT2D eigenvalue weighted by Crippen LogP contribution is 2.23. The summed E-state index contributed by atoms with van der Waals surface area (Å²) < 4.78 is 0. The molecule has 2 aromatic rings. The zero-order chi connectivity index (χ0) is 13.8. The Morgan fingerprint density at radius 1 is 1.00 bits per heavy atom. The molecule has 1 N–H and O–H groups in total. The highest BCUT2D eigenvalue weighted by molar-refractivity contribution is 5.45. The normalized spacial score (nSPS) is 10.1. The summed E-state index contributed by atoms with van der Waals surface area (Å²) in [4.78, 5) is 21.9. The van der Waals surface area contributed by atoms with Gasteiger partial charge in [0.2, 0.25) is 5.43 Å². The third-order valence-electron chi connectivity index (χ3n) is 2.76. The molecule has 0 saturated heterocycles. The van der Waals surface area contributed by atoms with Crippen LogP contribution in [0.3, 0.4) is 0 Å². The zero-order valence-electron chi connectivity index (χ0n) is 9.95. The molecular weight excluding hydrogens is 246 g/mol. The van der Waals surface area contributed by atoms with E-state index in [1.165, 1.54) is 18.2 Å². The molecule has 0 radical (unpaired) electrons. The van der Waals surface area contributed by atoms with E-state index in [0.717, 1.165) is 0 Å². The fraction of sp³-hybridized carbons (Fsp3) is 0.0714. The van der Waals surface area contributed by atoms with Crippen LogP contribution in [0.25, 0.3) is 0 Å². The van der Waals surface area contributed by atoms with Gasteiger partial charge in [0, 0.05) is 23.6 Å². The number of nitro groups is 1. The van der Waals surface area contributed by atoms with Gasteiger partial charge in [0.25, 0.3) is 5.69 Å². The summed E-state index contributed by atoms with van der Waals surface area (Å²) in [6, 6.07) is 12.2. The maximum Gasteiger partial charge on any atom is 0.272 e. The third-order valence-corrected chi connectivity index (χ3v) is 2.76. The van der Waals surface area contributed by atoms with Crippen molar-refractivity contribution in [1.29, 1.82) is 0 Å². The molecule has 0 saturated carbocycles. The average Bonchev–Trinajstić information content (AvgIpc) is 2.55. The highest BCUT2D eigenvalue weighted by atomic mass is 16.6. The first kappa shape index (κ1) is 12.8. The molecule has 0 aromatic heterocycles. The SMILES string of the molecule is O=c1ccccc(Cc2ccccc2[N+](=O)[O-])c1O. The molecule has 0 amide bonds. The Bertz CT molecular complexity index is 682. The molecule has 0 aliphatic carbocycles. The van der Waals surface area contributed by atoms with E-state index in [-0.39, 0.29) is 17.9 Å². The number of nitrogens with zero attached hydrogens (tertiary/aromatic N) is 1. The second-order valence-corrected chi connectivity index (χ2v) is 4.02. The van der Waals surface area contributed by atoms with E-state index in [1.54, 1.807) is 30.3 Å². The Balaban J connectivity index is 2.49. The lowest BCUT2D eigenvalue weighted by molar-refractivity contribution is -0.385. The number of nitro benzene ring substituents is 1. The molecule has 5 heteroatoms. The van der Waals surface area contributed by atoms with Gasteiger partial charge >= 0.3 is 0 Å². The Morgan fingerprint density at radius 2 is 1.58 bits per heavy atom. The molecular formula is C14H11NO4. The number of rotatable bonds is 3. The minimum atomic E-state index is -0.501. The van der Waals surface area contributed by atoms with Crippen LogP contribution in [-0.4, -0.2) is 10.0 Å². The second kappa shape index (κ2) is 5.30. The number of benzene rings is 1. The molecule has 19 heavy (non-hydrogen) atoms. The van der Waals surface area contributed by atoms with Gasteiger partial charge < -0.3 is 5.11 Å². The zero-order valence-corrected chi connectivity index (χ0v) is 9.95. The van der Waals surface area contributed by atoms with Gasteiger partial charge in [-0.25, -0.2) is 0 Å². The van der Waals surface area contributed by atoms with Crippen LogP contribution < -0.4 is 5.43 Å². The van der Waals surface area contributed by atoms with Crippen LogP contribution in [0.15, 0.2) is 53.3 Å². The lowest BCUT2D eigenvalue weighted by Crippen LogP contribution is -2.00. The van der Waals surface area contributed by atoms with E-state index >= 15 is 0 Å². The summed E-state index contributed by atoms with van der Waals surface area (Å²) in [5.74, 6) is -0.372. The van der Waals surface area contributed by atoms with Crippen molar-refractivity contribution >= 4 is 5.69 Å². The van der Waals surface area contributed by atoms with E-state index in [1.807, 2.05) is 0 Å². The second-order valence-electron chi connectivity index (χ2n) is 4.02. The minimum Gasteiger partial charge on any atom is -0.504 e. The van der Waals surface area contributed by atoms with Crippen LogP contribution in [0, 0.1) is 10.1 Å². The highest BCUT2D eigenvalue weighted by Gasteiger charge is 2.14. The van der Waals surface area contributed by atoms with Crippen molar-refractivity contribution in [3.8, 4) is 5.75 Å². The maximum absolute atomic E-state index is 11.5. The van der Waals surface area contributed by atoms with Crippen molar-refractivity contribution in [1.82, 2.24) is 0 Å². The Hall–Kier alpha value is -2.69. The Labute approximate surface area is 108 Å². The molecule has 96 valence electrons. The first-order valence-electron chi connectivity index (χ1n) is 5.63. The van der Waals surface area contributed by atoms with Crippen LogP contribution in [0.1, 0.15) is 11.1 Å². The molecule has 0 aliphatic heterocycles. The van der Waals surface area contributed by atoms with Crippen molar-refractivity contribution in [3.05, 3.63) is 80.0 Å². The molecule has 0 fully saturated rings. The topological polar surface area (TPSA) is 80.4 Å². The first-order valence-corrected chi connectivity index (χ1v) is 5.63. The smallest absolute Gasteiger partial charge is 0.272 e. The fourth-order valence-electron chi connectivity index (χ4n) is 1.82.